The summed E-state index contributed by atoms with van der Waals surface area (Å²) in [6, 6.07) is 0. The van der Waals surface area contributed by atoms with Crippen molar-refractivity contribution in [3.05, 3.63) is 0 Å². The normalized spacial score (nSPS) is 60.4. The SMILES string of the molecule is C[C@@]1(O)CC[C@@]2(C)[C@@H](CC[C@H]3[C@@H]4[C@@H]5C[C@@H]5[C@H](C(=O)CBr)[C@@]4(C)CC[C@@H]32)C1. The van der Waals surface area contributed by atoms with Gasteiger partial charge in [0.1, 0.15) is 5.78 Å². The highest BCUT2D eigenvalue weighted by atomic mass is 79.9. The largest absolute Gasteiger partial charge is 0.390 e. The van der Waals surface area contributed by atoms with E-state index >= 15 is 0 Å². The molecule has 26 heavy (non-hydrogen) atoms. The molecule has 0 unspecified atom stereocenters. The molecular weight excluding hydrogens is 388 g/mol. The Balaban J connectivity index is 1.45. The maximum absolute atomic E-state index is 12.8. The van der Waals surface area contributed by atoms with E-state index in [4.69, 9.17) is 0 Å². The first kappa shape index (κ1) is 18.2. The second kappa shape index (κ2) is 5.59. The average molecular weight is 423 g/mol. The molecule has 2 nitrogen and oxygen atoms in total. The molecule has 5 fully saturated rings. The highest BCUT2D eigenvalue weighted by Gasteiger charge is 2.71. The molecule has 0 aromatic heterocycles. The minimum atomic E-state index is -0.442. The summed E-state index contributed by atoms with van der Waals surface area (Å²) in [6.45, 7) is 7.09. The lowest BCUT2D eigenvalue weighted by molar-refractivity contribution is -0.155. The van der Waals surface area contributed by atoms with Crippen LogP contribution in [0.5, 0.6) is 0 Å². The molecular formula is C23H35BrO2. The smallest absolute Gasteiger partial charge is 0.147 e. The number of alkyl halides is 1. The predicted molar refractivity (Wildman–Crippen MR) is 107 cm³/mol. The van der Waals surface area contributed by atoms with E-state index < -0.39 is 5.60 Å². The Labute approximate surface area is 167 Å². The molecule has 1 N–H and O–H groups in total. The van der Waals surface area contributed by atoms with Crippen LogP contribution in [0, 0.1) is 52.3 Å². The fraction of sp³-hybridized carbons (Fsp3) is 0.957. The number of hydrogen-bond donors (Lipinski definition) is 1. The van der Waals surface area contributed by atoms with E-state index in [2.05, 4.69) is 36.7 Å². The van der Waals surface area contributed by atoms with Crippen LogP contribution in [0.4, 0.5) is 0 Å². The lowest BCUT2D eigenvalue weighted by Crippen LogP contribution is -2.56. The fourth-order valence-electron chi connectivity index (χ4n) is 9.09. The Bertz CT molecular complexity index is 630. The first-order valence-corrected chi connectivity index (χ1v) is 12.1. The number of fused-ring (bicyclic) bond motifs is 7. The van der Waals surface area contributed by atoms with E-state index in [0.717, 1.165) is 36.5 Å². The highest BCUT2D eigenvalue weighted by Crippen LogP contribution is 2.76. The molecule has 0 saturated heterocycles. The van der Waals surface area contributed by atoms with Crippen LogP contribution >= 0.6 is 15.9 Å². The van der Waals surface area contributed by atoms with Crippen molar-refractivity contribution >= 4 is 21.7 Å². The molecule has 5 aliphatic rings. The molecule has 5 saturated carbocycles. The molecule has 3 heteroatoms. The van der Waals surface area contributed by atoms with Crippen LogP contribution in [0.1, 0.15) is 72.1 Å². The van der Waals surface area contributed by atoms with Gasteiger partial charge in [0.05, 0.1) is 10.9 Å². The minimum absolute atomic E-state index is 0.267. The van der Waals surface area contributed by atoms with Crippen molar-refractivity contribution in [3.8, 4) is 0 Å². The van der Waals surface area contributed by atoms with E-state index in [9.17, 15) is 9.90 Å². The Morgan fingerprint density at radius 2 is 1.77 bits per heavy atom. The molecule has 0 aromatic carbocycles. The van der Waals surface area contributed by atoms with Crippen molar-refractivity contribution in [2.75, 3.05) is 5.33 Å². The second-order valence-electron chi connectivity index (χ2n) is 11.5. The summed E-state index contributed by atoms with van der Waals surface area (Å²) >= 11 is 3.47. The maximum Gasteiger partial charge on any atom is 0.147 e. The Morgan fingerprint density at radius 3 is 2.50 bits per heavy atom. The van der Waals surface area contributed by atoms with Crippen molar-refractivity contribution in [1.29, 1.82) is 0 Å². The molecule has 0 spiro atoms. The first-order chi connectivity index (χ1) is 12.2. The van der Waals surface area contributed by atoms with Crippen molar-refractivity contribution in [2.24, 2.45) is 52.3 Å². The van der Waals surface area contributed by atoms with Crippen molar-refractivity contribution in [1.82, 2.24) is 0 Å². The molecule has 10 atom stereocenters. The van der Waals surface area contributed by atoms with E-state index in [1.807, 2.05) is 0 Å². The van der Waals surface area contributed by atoms with Gasteiger partial charge < -0.3 is 5.11 Å². The van der Waals surface area contributed by atoms with E-state index in [0.29, 0.717) is 34.3 Å². The van der Waals surface area contributed by atoms with Gasteiger partial charge in [0.2, 0.25) is 0 Å². The standard InChI is InChI=1S/C23H35BrO2/c1-21(26)8-9-22(2)13(11-21)4-5-14-17(22)6-7-23(3)19(14)15-10-16(15)20(23)18(25)12-24/h13-17,19-20,26H,4-12H2,1-3H3/t13-,14+,15+,16-,17-,19+,20+,21+,22-,23-/m0/s1. The van der Waals surface area contributed by atoms with Gasteiger partial charge >= 0.3 is 0 Å². The van der Waals surface area contributed by atoms with Crippen LogP contribution in [-0.4, -0.2) is 21.8 Å². The third-order valence-electron chi connectivity index (χ3n) is 10.2. The summed E-state index contributed by atoms with van der Waals surface area (Å²) in [7, 11) is 0. The predicted octanol–water partition coefficient (Wildman–Crippen LogP) is 5.22. The zero-order chi connectivity index (χ0) is 18.5. The minimum Gasteiger partial charge on any atom is -0.390 e. The number of rotatable bonds is 2. The number of carbonyl (C=O) groups excluding carboxylic acids is 1. The molecule has 0 aliphatic heterocycles. The molecule has 0 radical (unpaired) electrons. The van der Waals surface area contributed by atoms with E-state index in [1.54, 1.807) is 0 Å². The lowest BCUT2D eigenvalue weighted by Gasteiger charge is -2.62. The van der Waals surface area contributed by atoms with Crippen LogP contribution in [0.2, 0.25) is 0 Å². The number of halogens is 1. The van der Waals surface area contributed by atoms with E-state index in [1.165, 1.54) is 38.5 Å². The van der Waals surface area contributed by atoms with Gasteiger partial charge in [-0.3, -0.25) is 4.79 Å². The van der Waals surface area contributed by atoms with Gasteiger partial charge in [-0.15, -0.1) is 0 Å². The van der Waals surface area contributed by atoms with Crippen LogP contribution in [-0.2, 0) is 4.79 Å². The van der Waals surface area contributed by atoms with Gasteiger partial charge in [-0.05, 0) is 105 Å². The van der Waals surface area contributed by atoms with Crippen molar-refractivity contribution in [3.63, 3.8) is 0 Å². The number of Topliss-reactive ketones (excluding diaryl/α,β-unsaturated/α-hetero) is 1. The molecule has 0 heterocycles. The summed E-state index contributed by atoms with van der Waals surface area (Å²) in [5.41, 5.74) is 0.250. The van der Waals surface area contributed by atoms with Gasteiger partial charge in [0, 0.05) is 5.92 Å². The summed E-state index contributed by atoms with van der Waals surface area (Å²) in [4.78, 5) is 12.8. The van der Waals surface area contributed by atoms with Crippen LogP contribution in [0.25, 0.3) is 0 Å². The summed E-state index contributed by atoms with van der Waals surface area (Å²) in [5, 5.41) is 11.2. The molecule has 5 rings (SSSR count). The van der Waals surface area contributed by atoms with Gasteiger partial charge in [-0.25, -0.2) is 0 Å². The van der Waals surface area contributed by atoms with Gasteiger partial charge in [0.15, 0.2) is 0 Å². The quantitative estimate of drug-likeness (QED) is 0.619. The summed E-state index contributed by atoms with van der Waals surface area (Å²) in [5.74, 6) is 5.51. The van der Waals surface area contributed by atoms with E-state index in [-0.39, 0.29) is 5.41 Å². The third-order valence-corrected chi connectivity index (χ3v) is 10.8. The monoisotopic (exact) mass is 422 g/mol. The molecule has 5 aliphatic carbocycles. The third kappa shape index (κ3) is 2.28. The summed E-state index contributed by atoms with van der Waals surface area (Å²) < 4.78 is 0. The molecule has 0 amide bonds. The Morgan fingerprint density at radius 1 is 1.00 bits per heavy atom. The molecule has 146 valence electrons. The average Bonchev–Trinajstić information content (AvgIpc) is 3.29. The zero-order valence-corrected chi connectivity index (χ0v) is 18.2. The second-order valence-corrected chi connectivity index (χ2v) is 12.0. The van der Waals surface area contributed by atoms with Gasteiger partial charge in [-0.2, -0.15) is 0 Å². The van der Waals surface area contributed by atoms with Crippen LogP contribution in [0.3, 0.4) is 0 Å². The van der Waals surface area contributed by atoms with Crippen molar-refractivity contribution in [2.45, 2.75) is 77.7 Å². The number of carbonyl (C=O) groups is 1. The maximum atomic E-state index is 12.8. The zero-order valence-electron chi connectivity index (χ0n) is 16.6. The fourth-order valence-corrected chi connectivity index (χ4v) is 9.44. The highest BCUT2D eigenvalue weighted by molar-refractivity contribution is 9.09. The van der Waals surface area contributed by atoms with Crippen molar-refractivity contribution < 1.29 is 9.90 Å². The molecule has 0 bridgehead atoms. The lowest BCUT2D eigenvalue weighted by atomic mass is 9.43. The molecule has 0 aromatic rings. The van der Waals surface area contributed by atoms with Gasteiger partial charge in [-0.1, -0.05) is 29.8 Å². The first-order valence-electron chi connectivity index (χ1n) is 11.0. The van der Waals surface area contributed by atoms with Gasteiger partial charge in [0.25, 0.3) is 0 Å². The Kier molecular flexibility index (Phi) is 3.90. The summed E-state index contributed by atoms with van der Waals surface area (Å²) in [6.07, 6.45) is 9.73. The number of aliphatic hydroxyl groups is 1. The van der Waals surface area contributed by atoms with Crippen LogP contribution < -0.4 is 0 Å². The van der Waals surface area contributed by atoms with Crippen LogP contribution in [0.15, 0.2) is 0 Å². The Hall–Kier alpha value is 0.110. The number of hydrogen-bond acceptors (Lipinski definition) is 2. The topological polar surface area (TPSA) is 37.3 Å². The number of ketones is 1.